The lowest BCUT2D eigenvalue weighted by atomic mass is 9.85. The summed E-state index contributed by atoms with van der Waals surface area (Å²) >= 11 is 0. The maximum Gasteiger partial charge on any atom is 0.251 e. The Bertz CT molecular complexity index is 487. The van der Waals surface area contributed by atoms with Crippen LogP contribution in [-0.2, 0) is 0 Å². The van der Waals surface area contributed by atoms with E-state index < -0.39 is 0 Å². The van der Waals surface area contributed by atoms with Gasteiger partial charge in [-0.25, -0.2) is 0 Å². The predicted octanol–water partition coefficient (Wildman–Crippen LogP) is 2.64. The molecule has 1 aromatic rings. The maximum absolute atomic E-state index is 11.8. The van der Waals surface area contributed by atoms with Crippen molar-refractivity contribution in [1.82, 2.24) is 5.32 Å². The van der Waals surface area contributed by atoms with Gasteiger partial charge in [0.1, 0.15) is 0 Å². The summed E-state index contributed by atoms with van der Waals surface area (Å²) in [6.45, 7) is 2.30. The summed E-state index contributed by atoms with van der Waals surface area (Å²) < 4.78 is 0. The number of nitrogens with two attached hydrogens (primary N) is 1. The number of amides is 1. The van der Waals surface area contributed by atoms with Crippen molar-refractivity contribution in [1.29, 1.82) is 0 Å². The standard InChI is InChI=1S/C16H25N3O/c1-11-6-4-5-7-14(11)19(3)15-10-12(16(20)18-2)8-9-13(15)17/h8-11,14H,4-7,17H2,1-3H3,(H,18,20). The van der Waals surface area contributed by atoms with Gasteiger partial charge in [0.05, 0.1) is 11.4 Å². The van der Waals surface area contributed by atoms with Gasteiger partial charge in [-0.2, -0.15) is 0 Å². The minimum absolute atomic E-state index is 0.0728. The number of rotatable bonds is 3. The van der Waals surface area contributed by atoms with Gasteiger partial charge in [-0.05, 0) is 37.0 Å². The van der Waals surface area contributed by atoms with Crippen LogP contribution in [0.5, 0.6) is 0 Å². The number of benzene rings is 1. The van der Waals surface area contributed by atoms with Gasteiger partial charge >= 0.3 is 0 Å². The number of nitrogens with zero attached hydrogens (tertiary/aromatic N) is 1. The van der Waals surface area contributed by atoms with Crippen LogP contribution in [0.15, 0.2) is 18.2 Å². The highest BCUT2D eigenvalue weighted by Crippen LogP contribution is 2.33. The molecule has 0 radical (unpaired) electrons. The average molecular weight is 275 g/mol. The molecule has 0 aliphatic heterocycles. The van der Waals surface area contributed by atoms with Crippen LogP contribution in [0, 0.1) is 5.92 Å². The molecule has 1 aromatic carbocycles. The van der Waals surface area contributed by atoms with Crippen molar-refractivity contribution in [2.75, 3.05) is 24.7 Å². The number of hydrogen-bond donors (Lipinski definition) is 2. The van der Waals surface area contributed by atoms with Crippen LogP contribution in [0.4, 0.5) is 11.4 Å². The van der Waals surface area contributed by atoms with Crippen LogP contribution in [0.3, 0.4) is 0 Å². The largest absolute Gasteiger partial charge is 0.397 e. The Morgan fingerprint density at radius 3 is 2.70 bits per heavy atom. The molecule has 20 heavy (non-hydrogen) atoms. The van der Waals surface area contributed by atoms with Crippen molar-refractivity contribution >= 4 is 17.3 Å². The number of nitrogen functional groups attached to an aromatic ring is 1. The zero-order valence-electron chi connectivity index (χ0n) is 12.6. The summed E-state index contributed by atoms with van der Waals surface area (Å²) in [5.74, 6) is 0.591. The molecular formula is C16H25N3O. The minimum atomic E-state index is -0.0728. The molecule has 1 aliphatic rings. The Hall–Kier alpha value is -1.71. The molecule has 0 spiro atoms. The van der Waals surface area contributed by atoms with Gasteiger partial charge in [-0.3, -0.25) is 4.79 Å². The van der Waals surface area contributed by atoms with Crippen molar-refractivity contribution in [2.45, 2.75) is 38.6 Å². The first-order chi connectivity index (χ1) is 9.54. The molecule has 0 bridgehead atoms. The molecule has 4 nitrogen and oxygen atoms in total. The van der Waals surface area contributed by atoms with Crippen LogP contribution < -0.4 is 16.0 Å². The Morgan fingerprint density at radius 1 is 1.35 bits per heavy atom. The SMILES string of the molecule is CNC(=O)c1ccc(N)c(N(C)C2CCCCC2C)c1. The van der Waals surface area contributed by atoms with Crippen LogP contribution in [0.2, 0.25) is 0 Å². The number of nitrogens with one attached hydrogen (secondary N) is 1. The van der Waals surface area contributed by atoms with E-state index in [1.165, 1.54) is 25.7 Å². The molecular weight excluding hydrogens is 250 g/mol. The van der Waals surface area contributed by atoms with Gasteiger partial charge in [0.2, 0.25) is 0 Å². The van der Waals surface area contributed by atoms with Gasteiger partial charge in [0, 0.05) is 25.7 Å². The average Bonchev–Trinajstić information content (AvgIpc) is 2.46. The lowest BCUT2D eigenvalue weighted by Gasteiger charge is -2.38. The number of carbonyl (C=O) groups is 1. The summed E-state index contributed by atoms with van der Waals surface area (Å²) in [4.78, 5) is 14.0. The lowest BCUT2D eigenvalue weighted by Crippen LogP contribution is -2.39. The first-order valence-corrected chi connectivity index (χ1v) is 7.39. The van der Waals surface area contributed by atoms with Crippen molar-refractivity contribution in [3.8, 4) is 0 Å². The quantitative estimate of drug-likeness (QED) is 0.834. The Balaban J connectivity index is 2.28. The molecule has 1 fully saturated rings. The fraction of sp³-hybridized carbons (Fsp3) is 0.562. The van der Waals surface area contributed by atoms with Gasteiger partial charge in [0.25, 0.3) is 5.91 Å². The van der Waals surface area contributed by atoms with Crippen LogP contribution >= 0.6 is 0 Å². The van der Waals surface area contributed by atoms with Crippen molar-refractivity contribution in [2.24, 2.45) is 5.92 Å². The first-order valence-electron chi connectivity index (χ1n) is 7.39. The summed E-state index contributed by atoms with van der Waals surface area (Å²) in [5.41, 5.74) is 8.47. The molecule has 1 amide bonds. The van der Waals surface area contributed by atoms with E-state index in [2.05, 4.69) is 24.2 Å². The van der Waals surface area contributed by atoms with Gasteiger partial charge < -0.3 is 16.0 Å². The normalized spacial score (nSPS) is 22.4. The van der Waals surface area contributed by atoms with E-state index in [4.69, 9.17) is 5.73 Å². The van der Waals surface area contributed by atoms with Gasteiger partial charge in [-0.15, -0.1) is 0 Å². The van der Waals surface area contributed by atoms with E-state index in [9.17, 15) is 4.79 Å². The molecule has 0 heterocycles. The second kappa shape index (κ2) is 6.16. The van der Waals surface area contributed by atoms with E-state index in [-0.39, 0.29) is 5.91 Å². The Labute approximate surface area is 121 Å². The second-order valence-corrected chi connectivity index (χ2v) is 5.79. The molecule has 1 aliphatic carbocycles. The molecule has 2 rings (SSSR count). The molecule has 2 atom stereocenters. The molecule has 1 saturated carbocycles. The third-order valence-corrected chi connectivity index (χ3v) is 4.46. The molecule has 0 saturated heterocycles. The third kappa shape index (κ3) is 2.89. The van der Waals surface area contributed by atoms with Crippen molar-refractivity contribution < 1.29 is 4.79 Å². The van der Waals surface area contributed by atoms with Crippen LogP contribution in [0.25, 0.3) is 0 Å². The summed E-state index contributed by atoms with van der Waals surface area (Å²) in [7, 11) is 3.73. The molecule has 0 aromatic heterocycles. The monoisotopic (exact) mass is 275 g/mol. The van der Waals surface area contributed by atoms with E-state index in [1.54, 1.807) is 13.1 Å². The summed E-state index contributed by atoms with van der Waals surface area (Å²) in [5, 5.41) is 2.66. The molecule has 3 N–H and O–H groups in total. The highest BCUT2D eigenvalue weighted by atomic mass is 16.1. The highest BCUT2D eigenvalue weighted by molar-refractivity contribution is 5.96. The lowest BCUT2D eigenvalue weighted by molar-refractivity contribution is 0.0963. The fourth-order valence-corrected chi connectivity index (χ4v) is 3.19. The first kappa shape index (κ1) is 14.7. The number of anilines is 2. The van der Waals surface area contributed by atoms with E-state index in [1.807, 2.05) is 12.1 Å². The van der Waals surface area contributed by atoms with Crippen LogP contribution in [-0.4, -0.2) is 26.0 Å². The second-order valence-electron chi connectivity index (χ2n) is 5.79. The predicted molar refractivity (Wildman–Crippen MR) is 84.1 cm³/mol. The van der Waals surface area contributed by atoms with Gasteiger partial charge in [-0.1, -0.05) is 19.8 Å². The summed E-state index contributed by atoms with van der Waals surface area (Å²) in [6, 6.07) is 6.00. The van der Waals surface area contributed by atoms with Gasteiger partial charge in [0.15, 0.2) is 0 Å². The van der Waals surface area contributed by atoms with Crippen molar-refractivity contribution in [3.05, 3.63) is 23.8 Å². The smallest absolute Gasteiger partial charge is 0.251 e. The number of hydrogen-bond acceptors (Lipinski definition) is 3. The number of carbonyl (C=O) groups excluding carboxylic acids is 1. The summed E-state index contributed by atoms with van der Waals surface area (Å²) in [6.07, 6.45) is 5.05. The topological polar surface area (TPSA) is 58.4 Å². The minimum Gasteiger partial charge on any atom is -0.397 e. The Morgan fingerprint density at radius 2 is 2.05 bits per heavy atom. The molecule has 4 heteroatoms. The van der Waals surface area contributed by atoms with E-state index in [0.29, 0.717) is 17.5 Å². The zero-order chi connectivity index (χ0) is 14.7. The highest BCUT2D eigenvalue weighted by Gasteiger charge is 2.26. The van der Waals surface area contributed by atoms with Crippen molar-refractivity contribution in [3.63, 3.8) is 0 Å². The van der Waals surface area contributed by atoms with E-state index in [0.717, 1.165) is 11.4 Å². The third-order valence-electron chi connectivity index (χ3n) is 4.46. The van der Waals surface area contributed by atoms with E-state index >= 15 is 0 Å². The maximum atomic E-state index is 11.8. The molecule has 110 valence electrons. The molecule has 2 unspecified atom stereocenters. The zero-order valence-corrected chi connectivity index (χ0v) is 12.6. The fourth-order valence-electron chi connectivity index (χ4n) is 3.19. The Kier molecular flexibility index (Phi) is 4.53. The van der Waals surface area contributed by atoms with Crippen LogP contribution in [0.1, 0.15) is 43.0 Å².